The summed E-state index contributed by atoms with van der Waals surface area (Å²) in [5.74, 6) is -1.46. The van der Waals surface area contributed by atoms with Crippen LogP contribution in [0.3, 0.4) is 0 Å². The average Bonchev–Trinajstić information content (AvgIpc) is 3.27. The van der Waals surface area contributed by atoms with Crippen LogP contribution in [0.1, 0.15) is 21.9 Å². The lowest BCUT2D eigenvalue weighted by Crippen LogP contribution is -2.13. The molecule has 0 bridgehead atoms. The van der Waals surface area contributed by atoms with Gasteiger partial charge < -0.3 is 24.3 Å². The van der Waals surface area contributed by atoms with Gasteiger partial charge in [0.15, 0.2) is 11.5 Å². The summed E-state index contributed by atoms with van der Waals surface area (Å²) in [4.78, 5) is 23.2. The van der Waals surface area contributed by atoms with Crippen molar-refractivity contribution >= 4 is 23.6 Å². The Kier molecular flexibility index (Phi) is 6.88. The Bertz CT molecular complexity index is 1210. The number of carbonyl (C=O) groups is 2. The van der Waals surface area contributed by atoms with Crippen LogP contribution in [-0.4, -0.2) is 24.1 Å². The normalized spacial score (nSPS) is 10.8. The van der Waals surface area contributed by atoms with E-state index in [4.69, 9.17) is 19.0 Å². The molecule has 0 aliphatic carbocycles. The van der Waals surface area contributed by atoms with Crippen molar-refractivity contribution in [2.45, 2.75) is 6.61 Å². The number of ether oxygens (including phenoxy) is 2. The molecule has 3 aromatic rings. The van der Waals surface area contributed by atoms with Crippen molar-refractivity contribution in [3.63, 3.8) is 0 Å². The molecule has 32 heavy (non-hydrogen) atoms. The quantitative estimate of drug-likeness (QED) is 0.400. The number of benzene rings is 2. The molecular weight excluding hydrogens is 419 g/mol. The third-order valence-corrected chi connectivity index (χ3v) is 4.21. The predicted molar refractivity (Wildman–Crippen MR) is 112 cm³/mol. The SMILES string of the molecule is COc1cc(C=C(C#N)C(=O)Nc2ccc(F)cc2)ccc1OCc1ccc(C(=O)O)o1. The lowest BCUT2D eigenvalue weighted by Gasteiger charge is -2.10. The van der Waals surface area contributed by atoms with Crippen LogP contribution in [0.15, 0.2) is 64.6 Å². The van der Waals surface area contributed by atoms with Crippen LogP contribution in [0.5, 0.6) is 11.5 Å². The van der Waals surface area contributed by atoms with Gasteiger partial charge in [-0.2, -0.15) is 5.26 Å². The Balaban J connectivity index is 1.73. The number of methoxy groups -OCH3 is 1. The first-order valence-electron chi connectivity index (χ1n) is 9.21. The van der Waals surface area contributed by atoms with Gasteiger partial charge in [-0.15, -0.1) is 0 Å². The first kappa shape index (κ1) is 22.1. The molecule has 0 radical (unpaired) electrons. The Hall–Kier alpha value is -4.58. The number of nitrogens with one attached hydrogen (secondary N) is 1. The highest BCUT2D eigenvalue weighted by Gasteiger charge is 2.13. The van der Waals surface area contributed by atoms with E-state index < -0.39 is 17.7 Å². The number of nitrogens with zero attached hydrogens (tertiary/aromatic N) is 1. The number of carboxylic acid groups (broad SMARTS) is 1. The van der Waals surface area contributed by atoms with Crippen molar-refractivity contribution in [1.82, 2.24) is 0 Å². The molecular formula is C23H17FN2O6. The molecule has 0 spiro atoms. The Labute approximate surface area is 182 Å². The second-order valence-electron chi connectivity index (χ2n) is 6.40. The molecule has 1 heterocycles. The van der Waals surface area contributed by atoms with Crippen molar-refractivity contribution in [2.24, 2.45) is 0 Å². The third kappa shape index (κ3) is 5.52. The van der Waals surface area contributed by atoms with Gasteiger partial charge in [-0.3, -0.25) is 4.79 Å². The number of carbonyl (C=O) groups excluding carboxylic acids is 1. The second kappa shape index (κ2) is 9.95. The summed E-state index contributed by atoms with van der Waals surface area (Å²) in [6, 6.07) is 14.6. The maximum Gasteiger partial charge on any atom is 0.371 e. The zero-order valence-electron chi connectivity index (χ0n) is 16.8. The van der Waals surface area contributed by atoms with Crippen molar-refractivity contribution in [2.75, 3.05) is 12.4 Å². The minimum atomic E-state index is -1.18. The van der Waals surface area contributed by atoms with E-state index in [9.17, 15) is 19.2 Å². The van der Waals surface area contributed by atoms with E-state index in [1.165, 1.54) is 49.6 Å². The largest absolute Gasteiger partial charge is 0.493 e. The smallest absolute Gasteiger partial charge is 0.371 e. The number of carboxylic acids is 1. The summed E-state index contributed by atoms with van der Waals surface area (Å²) in [5.41, 5.74) is 0.691. The highest BCUT2D eigenvalue weighted by molar-refractivity contribution is 6.09. The number of aromatic carboxylic acids is 1. The number of nitriles is 1. The zero-order valence-corrected chi connectivity index (χ0v) is 16.8. The highest BCUT2D eigenvalue weighted by atomic mass is 19.1. The minimum Gasteiger partial charge on any atom is -0.493 e. The summed E-state index contributed by atoms with van der Waals surface area (Å²) < 4.78 is 29.1. The minimum absolute atomic E-state index is 0.0254. The molecule has 8 nitrogen and oxygen atoms in total. The number of anilines is 1. The van der Waals surface area contributed by atoms with Gasteiger partial charge in [0.1, 0.15) is 29.8 Å². The standard InChI is InChI=1S/C23H17FN2O6/c1-30-21-11-14(2-8-19(21)31-13-18-7-9-20(32-18)23(28)29)10-15(12-25)22(27)26-17-5-3-16(24)4-6-17/h2-11H,13H2,1H3,(H,26,27)(H,28,29). The number of furan rings is 1. The van der Waals surface area contributed by atoms with Crippen LogP contribution >= 0.6 is 0 Å². The molecule has 1 amide bonds. The molecule has 2 N–H and O–H groups in total. The topological polar surface area (TPSA) is 122 Å². The number of hydrogen-bond acceptors (Lipinski definition) is 6. The molecule has 1 aromatic heterocycles. The van der Waals surface area contributed by atoms with E-state index >= 15 is 0 Å². The van der Waals surface area contributed by atoms with Gasteiger partial charge >= 0.3 is 5.97 Å². The maximum absolute atomic E-state index is 13.0. The first-order chi connectivity index (χ1) is 15.4. The van der Waals surface area contributed by atoms with Crippen molar-refractivity contribution in [3.05, 3.63) is 83.1 Å². The van der Waals surface area contributed by atoms with E-state index in [0.717, 1.165) is 0 Å². The van der Waals surface area contributed by atoms with E-state index in [-0.39, 0.29) is 17.9 Å². The maximum atomic E-state index is 13.0. The Morgan fingerprint density at radius 3 is 2.53 bits per heavy atom. The lowest BCUT2D eigenvalue weighted by molar-refractivity contribution is -0.112. The molecule has 3 rings (SSSR count). The van der Waals surface area contributed by atoms with E-state index in [1.54, 1.807) is 18.2 Å². The first-order valence-corrected chi connectivity index (χ1v) is 9.21. The van der Waals surface area contributed by atoms with Gasteiger partial charge in [-0.05, 0) is 60.2 Å². The van der Waals surface area contributed by atoms with Crippen molar-refractivity contribution < 1.29 is 33.0 Å². The van der Waals surface area contributed by atoms with E-state index in [0.29, 0.717) is 28.5 Å². The number of rotatable bonds is 8. The van der Waals surface area contributed by atoms with Gasteiger partial charge in [0, 0.05) is 5.69 Å². The van der Waals surface area contributed by atoms with E-state index in [1.807, 2.05) is 6.07 Å². The van der Waals surface area contributed by atoms with Crippen LogP contribution in [0.4, 0.5) is 10.1 Å². The highest BCUT2D eigenvalue weighted by Crippen LogP contribution is 2.30. The fraction of sp³-hybridized carbons (Fsp3) is 0.0870. The van der Waals surface area contributed by atoms with Crippen LogP contribution < -0.4 is 14.8 Å². The number of amides is 1. The second-order valence-corrected chi connectivity index (χ2v) is 6.40. The van der Waals surface area contributed by atoms with Crippen LogP contribution in [0, 0.1) is 17.1 Å². The molecule has 2 aromatic carbocycles. The molecule has 0 fully saturated rings. The van der Waals surface area contributed by atoms with Crippen LogP contribution in [0.2, 0.25) is 0 Å². The fourth-order valence-corrected chi connectivity index (χ4v) is 2.66. The van der Waals surface area contributed by atoms with Crippen molar-refractivity contribution in [3.8, 4) is 17.6 Å². The third-order valence-electron chi connectivity index (χ3n) is 4.21. The van der Waals surface area contributed by atoms with Crippen molar-refractivity contribution in [1.29, 1.82) is 5.26 Å². The van der Waals surface area contributed by atoms with Gasteiger partial charge in [0.05, 0.1) is 7.11 Å². The predicted octanol–water partition coefficient (Wildman–Crippen LogP) is 4.25. The van der Waals surface area contributed by atoms with E-state index in [2.05, 4.69) is 5.32 Å². The summed E-state index contributed by atoms with van der Waals surface area (Å²) in [5, 5.41) is 20.8. The van der Waals surface area contributed by atoms with Crippen LogP contribution in [0.25, 0.3) is 6.08 Å². The summed E-state index contributed by atoms with van der Waals surface area (Å²) in [6.45, 7) is -0.0254. The summed E-state index contributed by atoms with van der Waals surface area (Å²) >= 11 is 0. The molecule has 0 saturated heterocycles. The average molecular weight is 436 g/mol. The molecule has 162 valence electrons. The number of halogens is 1. The molecule has 0 saturated carbocycles. The van der Waals surface area contributed by atoms with Crippen LogP contribution in [-0.2, 0) is 11.4 Å². The Morgan fingerprint density at radius 2 is 1.91 bits per heavy atom. The Morgan fingerprint density at radius 1 is 1.16 bits per heavy atom. The molecule has 0 aliphatic rings. The molecule has 0 unspecified atom stereocenters. The zero-order chi connectivity index (χ0) is 23.1. The monoisotopic (exact) mass is 436 g/mol. The fourth-order valence-electron chi connectivity index (χ4n) is 2.66. The van der Waals surface area contributed by atoms with Gasteiger partial charge in [0.2, 0.25) is 5.76 Å². The van der Waals surface area contributed by atoms with Gasteiger partial charge in [-0.1, -0.05) is 6.07 Å². The summed E-state index contributed by atoms with van der Waals surface area (Å²) in [7, 11) is 1.43. The van der Waals surface area contributed by atoms with Gasteiger partial charge in [0.25, 0.3) is 5.91 Å². The molecule has 0 atom stereocenters. The summed E-state index contributed by atoms with van der Waals surface area (Å²) in [6.07, 6.45) is 1.37. The molecule has 9 heteroatoms. The van der Waals surface area contributed by atoms with Gasteiger partial charge in [-0.25, -0.2) is 9.18 Å². The number of hydrogen-bond donors (Lipinski definition) is 2. The lowest BCUT2D eigenvalue weighted by atomic mass is 10.1. The molecule has 0 aliphatic heterocycles.